The fourth-order valence-electron chi connectivity index (χ4n) is 4.23. The maximum absolute atomic E-state index is 14.4. The van der Waals surface area contributed by atoms with Crippen LogP contribution in [0.25, 0.3) is 0 Å². The van der Waals surface area contributed by atoms with Gasteiger partial charge in [0.15, 0.2) is 0 Å². The first-order valence-electron chi connectivity index (χ1n) is 10.3. The molecule has 0 aromatic carbocycles. The number of ether oxygens (including phenoxy) is 2. The number of alkyl halides is 4. The normalized spacial score (nSPS) is 22.4. The van der Waals surface area contributed by atoms with Crippen molar-refractivity contribution >= 4 is 11.9 Å². The predicted molar refractivity (Wildman–Crippen MR) is 94.3 cm³/mol. The number of esters is 2. The number of carbonyl (C=O) groups is 2. The zero-order chi connectivity index (χ0) is 21.1. The van der Waals surface area contributed by atoms with Gasteiger partial charge in [0.25, 0.3) is 0 Å². The summed E-state index contributed by atoms with van der Waals surface area (Å²) in [7, 11) is 0. The number of carbonyl (C=O) groups excluding carboxylic acids is 2. The highest BCUT2D eigenvalue weighted by Gasteiger charge is 2.70. The molecule has 28 heavy (non-hydrogen) atoms. The van der Waals surface area contributed by atoms with Crippen molar-refractivity contribution < 1.29 is 36.6 Å². The van der Waals surface area contributed by atoms with E-state index < -0.39 is 35.0 Å². The average Bonchev–Trinajstić information content (AvgIpc) is 2.69. The summed E-state index contributed by atoms with van der Waals surface area (Å²) in [4.78, 5) is 24.1. The molecule has 0 amide bonds. The first-order chi connectivity index (χ1) is 13.0. The van der Waals surface area contributed by atoms with Gasteiger partial charge in [0, 0.05) is 0 Å². The molecule has 0 spiro atoms. The average molecular weight is 410 g/mol. The van der Waals surface area contributed by atoms with Crippen molar-refractivity contribution in [3.05, 3.63) is 0 Å². The molecular formula is C20H30F4O4. The highest BCUT2D eigenvalue weighted by Crippen LogP contribution is 2.43. The second kappa shape index (κ2) is 8.57. The molecule has 0 aliphatic heterocycles. The molecule has 2 aliphatic rings. The molecule has 0 atom stereocenters. The molecule has 2 saturated carbocycles. The largest absolute Gasteiger partial charge is 0.454 e. The van der Waals surface area contributed by atoms with Crippen molar-refractivity contribution in [1.82, 2.24) is 0 Å². The first kappa shape index (κ1) is 22.9. The molecule has 162 valence electrons. The molecule has 4 nitrogen and oxygen atoms in total. The minimum Gasteiger partial charge on any atom is -0.454 e. The summed E-state index contributed by atoms with van der Waals surface area (Å²) in [6.07, 6.45) is 6.33. The Hall–Kier alpha value is -1.34. The second-order valence-corrected chi connectivity index (χ2v) is 8.12. The Kier molecular flexibility index (Phi) is 7.03. The zero-order valence-corrected chi connectivity index (χ0v) is 16.6. The number of hydrogen-bond donors (Lipinski definition) is 0. The van der Waals surface area contributed by atoms with E-state index in [0.717, 1.165) is 12.8 Å². The summed E-state index contributed by atoms with van der Waals surface area (Å²) in [5, 5.41) is 0. The van der Waals surface area contributed by atoms with Crippen LogP contribution in [0.1, 0.15) is 90.9 Å². The third-order valence-corrected chi connectivity index (χ3v) is 6.34. The van der Waals surface area contributed by atoms with Gasteiger partial charge in [0.05, 0.1) is 0 Å². The maximum Gasteiger partial charge on any atom is 0.415 e. The van der Waals surface area contributed by atoms with Crippen molar-refractivity contribution in [2.24, 2.45) is 0 Å². The van der Waals surface area contributed by atoms with Gasteiger partial charge in [-0.15, -0.1) is 0 Å². The van der Waals surface area contributed by atoms with Gasteiger partial charge in [-0.3, -0.25) is 0 Å². The first-order valence-corrected chi connectivity index (χ1v) is 10.3. The monoisotopic (exact) mass is 410 g/mol. The number of halogens is 4. The molecule has 0 unspecified atom stereocenters. The molecular weight excluding hydrogens is 380 g/mol. The van der Waals surface area contributed by atoms with Crippen LogP contribution >= 0.6 is 0 Å². The Morgan fingerprint density at radius 3 is 1.21 bits per heavy atom. The van der Waals surface area contributed by atoms with Gasteiger partial charge in [0.2, 0.25) is 0 Å². The summed E-state index contributed by atoms with van der Waals surface area (Å²) in [5.41, 5.74) is -2.35. The molecule has 2 rings (SSSR count). The summed E-state index contributed by atoms with van der Waals surface area (Å²) in [6, 6.07) is 0. The molecule has 0 aromatic rings. The third-order valence-electron chi connectivity index (χ3n) is 6.34. The SMILES string of the molecule is CCC1(OC(=O)C(F)(F)C(F)(F)C(=O)OC2(CC)CCCCC2)CCCCC1. The van der Waals surface area contributed by atoms with E-state index in [2.05, 4.69) is 0 Å². The summed E-state index contributed by atoms with van der Waals surface area (Å²) < 4.78 is 67.2. The molecule has 0 heterocycles. The fourth-order valence-corrected chi connectivity index (χ4v) is 4.23. The van der Waals surface area contributed by atoms with Gasteiger partial charge in [-0.2, -0.15) is 17.6 Å². The zero-order valence-electron chi connectivity index (χ0n) is 16.6. The van der Waals surface area contributed by atoms with Gasteiger partial charge in [-0.05, 0) is 64.2 Å². The Morgan fingerprint density at radius 1 is 0.679 bits per heavy atom. The Balaban J connectivity index is 2.14. The molecule has 0 bridgehead atoms. The van der Waals surface area contributed by atoms with Crippen LogP contribution < -0.4 is 0 Å². The highest BCUT2D eigenvalue weighted by molar-refractivity contribution is 5.90. The van der Waals surface area contributed by atoms with E-state index >= 15 is 0 Å². The van der Waals surface area contributed by atoms with Crippen LogP contribution in [-0.2, 0) is 19.1 Å². The smallest absolute Gasteiger partial charge is 0.415 e. The minimum absolute atomic E-state index is 0.254. The molecule has 2 aliphatic carbocycles. The van der Waals surface area contributed by atoms with Gasteiger partial charge < -0.3 is 9.47 Å². The summed E-state index contributed by atoms with van der Waals surface area (Å²) in [5.74, 6) is -15.3. The van der Waals surface area contributed by atoms with Crippen molar-refractivity contribution in [2.45, 2.75) is 114 Å². The van der Waals surface area contributed by atoms with E-state index in [9.17, 15) is 27.2 Å². The lowest BCUT2D eigenvalue weighted by Gasteiger charge is -2.39. The van der Waals surface area contributed by atoms with Crippen LogP contribution in [0.2, 0.25) is 0 Å². The van der Waals surface area contributed by atoms with Crippen molar-refractivity contribution in [1.29, 1.82) is 0 Å². The Morgan fingerprint density at radius 2 is 0.964 bits per heavy atom. The van der Waals surface area contributed by atoms with Crippen LogP contribution in [0.3, 0.4) is 0 Å². The van der Waals surface area contributed by atoms with E-state index in [0.29, 0.717) is 51.4 Å². The highest BCUT2D eigenvalue weighted by atomic mass is 19.3. The number of rotatable bonds is 7. The van der Waals surface area contributed by atoms with E-state index in [-0.39, 0.29) is 12.8 Å². The standard InChI is InChI=1S/C20H30F4O4/c1-3-17(11-7-5-8-12-17)27-15(25)19(21,22)20(23,24)16(26)28-18(4-2)13-9-6-10-14-18/h3-14H2,1-2H3. The molecule has 0 aromatic heterocycles. The van der Waals surface area contributed by atoms with E-state index in [1.54, 1.807) is 13.8 Å². The van der Waals surface area contributed by atoms with Crippen LogP contribution in [0.4, 0.5) is 17.6 Å². The molecule has 0 N–H and O–H groups in total. The van der Waals surface area contributed by atoms with E-state index in [1.807, 2.05) is 0 Å². The molecule has 0 radical (unpaired) electrons. The fraction of sp³-hybridized carbons (Fsp3) is 0.900. The second-order valence-electron chi connectivity index (χ2n) is 8.12. The molecule has 8 heteroatoms. The molecule has 2 fully saturated rings. The lowest BCUT2D eigenvalue weighted by molar-refractivity contribution is -0.253. The van der Waals surface area contributed by atoms with Crippen molar-refractivity contribution in [3.8, 4) is 0 Å². The van der Waals surface area contributed by atoms with Gasteiger partial charge in [-0.25, -0.2) is 9.59 Å². The number of hydrogen-bond acceptors (Lipinski definition) is 4. The van der Waals surface area contributed by atoms with Gasteiger partial charge >= 0.3 is 23.8 Å². The van der Waals surface area contributed by atoms with E-state index in [4.69, 9.17) is 9.47 Å². The Bertz CT molecular complexity index is 515. The topological polar surface area (TPSA) is 52.6 Å². The van der Waals surface area contributed by atoms with Crippen LogP contribution in [0.15, 0.2) is 0 Å². The van der Waals surface area contributed by atoms with Crippen molar-refractivity contribution in [3.63, 3.8) is 0 Å². The van der Waals surface area contributed by atoms with Gasteiger partial charge in [-0.1, -0.05) is 26.7 Å². The Labute approximate surface area is 163 Å². The minimum atomic E-state index is -5.28. The molecule has 0 saturated heterocycles. The van der Waals surface area contributed by atoms with Crippen LogP contribution in [-0.4, -0.2) is 35.0 Å². The van der Waals surface area contributed by atoms with Crippen LogP contribution in [0, 0.1) is 0 Å². The van der Waals surface area contributed by atoms with Crippen molar-refractivity contribution in [2.75, 3.05) is 0 Å². The summed E-state index contributed by atoms with van der Waals surface area (Å²) >= 11 is 0. The lowest BCUT2D eigenvalue weighted by Crippen LogP contribution is -2.57. The maximum atomic E-state index is 14.4. The van der Waals surface area contributed by atoms with Crippen LogP contribution in [0.5, 0.6) is 0 Å². The van der Waals surface area contributed by atoms with Gasteiger partial charge in [0.1, 0.15) is 11.2 Å². The predicted octanol–water partition coefficient (Wildman–Crippen LogP) is 5.57. The lowest BCUT2D eigenvalue weighted by atomic mass is 9.82. The summed E-state index contributed by atoms with van der Waals surface area (Å²) in [6.45, 7) is 3.33. The van der Waals surface area contributed by atoms with E-state index in [1.165, 1.54) is 0 Å². The quantitative estimate of drug-likeness (QED) is 0.407. The third kappa shape index (κ3) is 4.46.